The molecule has 0 unspecified atom stereocenters. The topological polar surface area (TPSA) is 102 Å². The molecule has 0 aliphatic heterocycles. The van der Waals surface area contributed by atoms with Gasteiger partial charge in [0.15, 0.2) is 5.13 Å². The Bertz CT molecular complexity index is 1040. The van der Waals surface area contributed by atoms with Crippen LogP contribution < -0.4 is 10.5 Å². The van der Waals surface area contributed by atoms with Crippen LogP contribution in [0.4, 0.5) is 5.13 Å². The minimum Gasteiger partial charge on any atom is -0.298 e. The van der Waals surface area contributed by atoms with E-state index >= 15 is 0 Å². The highest BCUT2D eigenvalue weighted by atomic mass is 32.2. The summed E-state index contributed by atoms with van der Waals surface area (Å²) in [6, 6.07) is 10.0. The van der Waals surface area contributed by atoms with E-state index in [1.165, 1.54) is 23.5 Å². The summed E-state index contributed by atoms with van der Waals surface area (Å²) in [4.78, 5) is 16.7. The van der Waals surface area contributed by atoms with E-state index in [-0.39, 0.29) is 10.8 Å². The van der Waals surface area contributed by atoms with Crippen LogP contribution in [0.25, 0.3) is 10.2 Å². The molecule has 0 radical (unpaired) electrons. The Labute approximate surface area is 143 Å². The molecule has 0 fully saturated rings. The van der Waals surface area contributed by atoms with Crippen LogP contribution in [0.15, 0.2) is 41.3 Å². The van der Waals surface area contributed by atoms with Crippen molar-refractivity contribution in [1.82, 2.24) is 4.98 Å². The fourth-order valence-electron chi connectivity index (χ4n) is 2.41. The van der Waals surface area contributed by atoms with Crippen molar-refractivity contribution in [2.45, 2.75) is 18.7 Å². The highest BCUT2D eigenvalue weighted by molar-refractivity contribution is 7.89. The lowest BCUT2D eigenvalue weighted by atomic mass is 10.1. The Balaban J connectivity index is 1.91. The SMILES string of the molecule is Cc1cc(C)cc(C(=O)Nc2nc3ccc(S(N)(=O)=O)cc3s2)c1. The molecule has 2 aromatic carbocycles. The molecular weight excluding hydrogens is 346 g/mol. The highest BCUT2D eigenvalue weighted by Crippen LogP contribution is 2.28. The monoisotopic (exact) mass is 361 g/mol. The van der Waals surface area contributed by atoms with Gasteiger partial charge in [-0.3, -0.25) is 10.1 Å². The molecule has 1 heterocycles. The molecule has 0 spiro atoms. The fourth-order valence-corrected chi connectivity index (χ4v) is 3.93. The maximum atomic E-state index is 12.4. The summed E-state index contributed by atoms with van der Waals surface area (Å²) in [5.74, 6) is -0.257. The average molecular weight is 361 g/mol. The van der Waals surface area contributed by atoms with E-state index in [9.17, 15) is 13.2 Å². The molecule has 0 aliphatic rings. The third-order valence-corrected chi connectivity index (χ3v) is 5.24. The van der Waals surface area contributed by atoms with Gasteiger partial charge in [-0.1, -0.05) is 28.5 Å². The van der Waals surface area contributed by atoms with Gasteiger partial charge in [-0.05, 0) is 44.2 Å². The minimum atomic E-state index is -3.77. The van der Waals surface area contributed by atoms with Gasteiger partial charge >= 0.3 is 0 Å². The van der Waals surface area contributed by atoms with Crippen LogP contribution in [-0.2, 0) is 10.0 Å². The summed E-state index contributed by atoms with van der Waals surface area (Å²) in [6.45, 7) is 3.85. The van der Waals surface area contributed by atoms with Gasteiger partial charge in [-0.2, -0.15) is 0 Å². The van der Waals surface area contributed by atoms with Crippen LogP contribution in [0.5, 0.6) is 0 Å². The van der Waals surface area contributed by atoms with Crippen molar-refractivity contribution in [3.05, 3.63) is 53.1 Å². The smallest absolute Gasteiger partial charge is 0.257 e. The maximum Gasteiger partial charge on any atom is 0.257 e. The summed E-state index contributed by atoms with van der Waals surface area (Å²) in [7, 11) is -3.77. The van der Waals surface area contributed by atoms with Crippen LogP contribution >= 0.6 is 11.3 Å². The van der Waals surface area contributed by atoms with E-state index in [0.29, 0.717) is 20.9 Å². The van der Waals surface area contributed by atoms with Gasteiger partial charge in [-0.15, -0.1) is 0 Å². The molecule has 3 rings (SSSR count). The number of carbonyl (C=O) groups excluding carboxylic acids is 1. The van der Waals surface area contributed by atoms with Gasteiger partial charge in [0.1, 0.15) is 0 Å². The molecule has 3 aromatic rings. The number of primary sulfonamides is 1. The maximum absolute atomic E-state index is 12.4. The van der Waals surface area contributed by atoms with Crippen molar-refractivity contribution >= 4 is 42.6 Å². The van der Waals surface area contributed by atoms with E-state index in [1.54, 1.807) is 18.2 Å². The molecule has 6 nitrogen and oxygen atoms in total. The summed E-state index contributed by atoms with van der Waals surface area (Å²) >= 11 is 1.20. The molecule has 124 valence electrons. The quantitative estimate of drug-likeness (QED) is 0.749. The molecule has 0 aliphatic carbocycles. The number of carbonyl (C=O) groups is 1. The van der Waals surface area contributed by atoms with Crippen LogP contribution in [0.2, 0.25) is 0 Å². The van der Waals surface area contributed by atoms with Crippen LogP contribution in [0.3, 0.4) is 0 Å². The Morgan fingerprint density at radius 3 is 2.42 bits per heavy atom. The van der Waals surface area contributed by atoms with Gasteiger partial charge in [-0.25, -0.2) is 18.5 Å². The zero-order valence-electron chi connectivity index (χ0n) is 13.0. The lowest BCUT2D eigenvalue weighted by molar-refractivity contribution is 0.102. The molecular formula is C16H15N3O3S2. The number of amides is 1. The standard InChI is InChI=1S/C16H15N3O3S2/c1-9-5-10(2)7-11(6-9)15(20)19-16-18-13-4-3-12(24(17,21)22)8-14(13)23-16/h3-8H,1-2H3,(H2,17,21,22)(H,18,19,20). The first kappa shape index (κ1) is 16.6. The minimum absolute atomic E-state index is 0.0193. The molecule has 1 aromatic heterocycles. The number of benzene rings is 2. The number of aromatic nitrogens is 1. The van der Waals surface area contributed by atoms with Crippen molar-refractivity contribution in [1.29, 1.82) is 0 Å². The van der Waals surface area contributed by atoms with Gasteiger partial charge < -0.3 is 0 Å². The van der Waals surface area contributed by atoms with E-state index in [2.05, 4.69) is 10.3 Å². The summed E-state index contributed by atoms with van der Waals surface area (Å²) in [5, 5.41) is 8.28. The number of rotatable bonds is 3. The number of nitrogens with zero attached hydrogens (tertiary/aromatic N) is 1. The Hall–Kier alpha value is -2.29. The zero-order valence-corrected chi connectivity index (χ0v) is 14.7. The van der Waals surface area contributed by atoms with Crippen molar-refractivity contribution in [3.8, 4) is 0 Å². The van der Waals surface area contributed by atoms with Crippen molar-refractivity contribution in [2.75, 3.05) is 5.32 Å². The number of hydrogen-bond donors (Lipinski definition) is 2. The molecule has 3 N–H and O–H groups in total. The molecule has 0 bridgehead atoms. The Morgan fingerprint density at radius 1 is 1.12 bits per heavy atom. The highest BCUT2D eigenvalue weighted by Gasteiger charge is 2.13. The number of aryl methyl sites for hydroxylation is 2. The van der Waals surface area contributed by atoms with Crippen molar-refractivity contribution < 1.29 is 13.2 Å². The van der Waals surface area contributed by atoms with Crippen LogP contribution in [-0.4, -0.2) is 19.3 Å². The largest absolute Gasteiger partial charge is 0.298 e. The predicted octanol–water partition coefficient (Wildman–Crippen LogP) is 2.81. The Morgan fingerprint density at radius 2 is 1.79 bits per heavy atom. The normalized spacial score (nSPS) is 11.6. The number of thiazole rings is 1. The fraction of sp³-hybridized carbons (Fsp3) is 0.125. The molecule has 1 amide bonds. The second-order valence-electron chi connectivity index (χ2n) is 5.52. The first-order chi connectivity index (χ1) is 11.2. The van der Waals surface area contributed by atoms with Gasteiger partial charge in [0.05, 0.1) is 15.1 Å². The molecule has 8 heteroatoms. The van der Waals surface area contributed by atoms with E-state index < -0.39 is 10.0 Å². The average Bonchev–Trinajstić information content (AvgIpc) is 2.86. The number of sulfonamides is 1. The summed E-state index contributed by atoms with van der Waals surface area (Å²) in [5.41, 5.74) is 3.16. The number of anilines is 1. The van der Waals surface area contributed by atoms with Gasteiger partial charge in [0.2, 0.25) is 10.0 Å². The summed E-state index contributed by atoms with van der Waals surface area (Å²) < 4.78 is 23.4. The van der Waals surface area contributed by atoms with Gasteiger partial charge in [0, 0.05) is 5.56 Å². The van der Waals surface area contributed by atoms with E-state index in [1.807, 2.05) is 19.9 Å². The van der Waals surface area contributed by atoms with Crippen molar-refractivity contribution in [2.24, 2.45) is 5.14 Å². The third-order valence-electron chi connectivity index (χ3n) is 3.39. The lowest BCUT2D eigenvalue weighted by Crippen LogP contribution is -2.12. The number of nitrogens with one attached hydrogen (secondary N) is 1. The number of fused-ring (bicyclic) bond motifs is 1. The first-order valence-corrected chi connectivity index (χ1v) is 9.42. The number of nitrogens with two attached hydrogens (primary N) is 1. The molecule has 0 saturated carbocycles. The van der Waals surface area contributed by atoms with E-state index in [4.69, 9.17) is 5.14 Å². The van der Waals surface area contributed by atoms with Gasteiger partial charge in [0.25, 0.3) is 5.91 Å². The molecule has 0 saturated heterocycles. The van der Waals surface area contributed by atoms with Crippen molar-refractivity contribution in [3.63, 3.8) is 0 Å². The number of hydrogen-bond acceptors (Lipinski definition) is 5. The van der Waals surface area contributed by atoms with Crippen LogP contribution in [0, 0.1) is 13.8 Å². The first-order valence-electron chi connectivity index (χ1n) is 7.05. The van der Waals surface area contributed by atoms with E-state index in [0.717, 1.165) is 11.1 Å². The Kier molecular flexibility index (Phi) is 4.12. The second-order valence-corrected chi connectivity index (χ2v) is 8.12. The second kappa shape index (κ2) is 5.97. The van der Waals surface area contributed by atoms with Crippen LogP contribution in [0.1, 0.15) is 21.5 Å². The molecule has 0 atom stereocenters. The predicted molar refractivity (Wildman–Crippen MR) is 94.9 cm³/mol. The lowest BCUT2D eigenvalue weighted by Gasteiger charge is -2.04. The third kappa shape index (κ3) is 3.45. The zero-order chi connectivity index (χ0) is 17.5. The summed E-state index contributed by atoms with van der Waals surface area (Å²) in [6.07, 6.45) is 0. The molecule has 24 heavy (non-hydrogen) atoms.